The Bertz CT molecular complexity index is 449. The van der Waals surface area contributed by atoms with Crippen LogP contribution in [0.15, 0.2) is 0 Å². The van der Waals surface area contributed by atoms with Crippen molar-refractivity contribution in [3.05, 3.63) is 0 Å². The zero-order chi connectivity index (χ0) is 19.2. The number of aliphatic hydroxyl groups is 2. The third kappa shape index (κ3) is 6.59. The monoisotopic (exact) mass is 357 g/mol. The summed E-state index contributed by atoms with van der Waals surface area (Å²) in [7, 11) is 0. The fourth-order valence-electron chi connectivity index (χ4n) is 3.30. The quantitative estimate of drug-likeness (QED) is 0.577. The van der Waals surface area contributed by atoms with Crippen molar-refractivity contribution in [2.75, 3.05) is 13.2 Å². The molecule has 4 atom stereocenters. The summed E-state index contributed by atoms with van der Waals surface area (Å²) < 4.78 is 5.67. The van der Waals surface area contributed by atoms with Crippen molar-refractivity contribution in [3.8, 4) is 0 Å². The Labute approximate surface area is 151 Å². The number of ether oxygens (including phenoxy) is 1. The number of carbonyl (C=O) groups is 2. The van der Waals surface area contributed by atoms with Gasteiger partial charge in [0.15, 0.2) is 0 Å². The van der Waals surface area contributed by atoms with Gasteiger partial charge in [0.2, 0.25) is 5.91 Å². The second kappa shape index (κ2) is 9.53. The van der Waals surface area contributed by atoms with Gasteiger partial charge in [-0.15, -0.1) is 0 Å². The van der Waals surface area contributed by atoms with Gasteiger partial charge in [-0.05, 0) is 30.6 Å². The number of carbonyl (C=O) groups excluding carboxylic acids is 2. The molecule has 1 aliphatic carbocycles. The van der Waals surface area contributed by atoms with Crippen LogP contribution in [0.5, 0.6) is 0 Å². The van der Waals surface area contributed by atoms with Gasteiger partial charge in [-0.2, -0.15) is 0 Å². The highest BCUT2D eigenvalue weighted by atomic mass is 16.5. The molecule has 1 fully saturated rings. The van der Waals surface area contributed by atoms with Gasteiger partial charge < -0.3 is 20.3 Å². The predicted molar refractivity (Wildman–Crippen MR) is 95.7 cm³/mol. The number of hydrogen-bond donors (Lipinski definition) is 3. The van der Waals surface area contributed by atoms with Crippen molar-refractivity contribution in [2.24, 2.45) is 23.2 Å². The number of hydrogen-bond acceptors (Lipinski definition) is 5. The molecule has 0 aromatic heterocycles. The lowest BCUT2D eigenvalue weighted by molar-refractivity contribution is -0.155. The first-order chi connectivity index (χ1) is 11.6. The van der Waals surface area contributed by atoms with Gasteiger partial charge in [-0.1, -0.05) is 41.0 Å². The van der Waals surface area contributed by atoms with E-state index in [-0.39, 0.29) is 31.6 Å². The molecule has 0 unspecified atom stereocenters. The van der Waals surface area contributed by atoms with Crippen LogP contribution in [0.3, 0.4) is 0 Å². The van der Waals surface area contributed by atoms with Crippen molar-refractivity contribution >= 4 is 11.9 Å². The molecular weight excluding hydrogens is 322 g/mol. The molecule has 0 spiro atoms. The fourth-order valence-corrected chi connectivity index (χ4v) is 3.30. The Balaban J connectivity index is 2.42. The maximum Gasteiger partial charge on any atom is 0.307 e. The summed E-state index contributed by atoms with van der Waals surface area (Å²) in [4.78, 5) is 24.0. The van der Waals surface area contributed by atoms with Crippen LogP contribution >= 0.6 is 0 Å². The highest BCUT2D eigenvalue weighted by Crippen LogP contribution is 2.35. The van der Waals surface area contributed by atoms with Crippen LogP contribution in [0.1, 0.15) is 60.3 Å². The van der Waals surface area contributed by atoms with Crippen molar-refractivity contribution in [1.82, 2.24) is 5.32 Å². The molecular formula is C19H35NO5. The molecule has 3 N–H and O–H groups in total. The van der Waals surface area contributed by atoms with Crippen molar-refractivity contribution < 1.29 is 24.5 Å². The average Bonchev–Trinajstić information content (AvgIpc) is 2.53. The van der Waals surface area contributed by atoms with Gasteiger partial charge in [-0.3, -0.25) is 9.59 Å². The summed E-state index contributed by atoms with van der Waals surface area (Å²) in [6.45, 7) is 9.51. The molecule has 0 heterocycles. The van der Waals surface area contributed by atoms with Crippen LogP contribution < -0.4 is 5.32 Å². The van der Waals surface area contributed by atoms with Crippen LogP contribution in [-0.4, -0.2) is 47.4 Å². The highest BCUT2D eigenvalue weighted by molar-refractivity contribution is 5.81. The molecule has 6 nitrogen and oxygen atoms in total. The van der Waals surface area contributed by atoms with E-state index in [0.717, 1.165) is 12.8 Å². The first-order valence-corrected chi connectivity index (χ1v) is 9.34. The molecule has 0 aliphatic heterocycles. The standard InChI is InChI=1S/C19H35NO5/c1-12(2)14-7-6-13(3)10-15(14)25-16(22)8-9-20-18(24)17(23)19(4,5)11-21/h12-15,17,21,23H,6-11H2,1-5H3,(H,20,24)/t13-,14+,15-,17-/m1/s1. The van der Waals surface area contributed by atoms with E-state index in [0.29, 0.717) is 17.8 Å². The zero-order valence-corrected chi connectivity index (χ0v) is 16.2. The van der Waals surface area contributed by atoms with E-state index >= 15 is 0 Å². The number of nitrogens with one attached hydrogen (secondary N) is 1. The van der Waals surface area contributed by atoms with E-state index in [1.165, 1.54) is 6.42 Å². The Morgan fingerprint density at radius 2 is 1.92 bits per heavy atom. The van der Waals surface area contributed by atoms with Gasteiger partial charge in [0.25, 0.3) is 0 Å². The topological polar surface area (TPSA) is 95.9 Å². The van der Waals surface area contributed by atoms with Crippen LogP contribution in [0.25, 0.3) is 0 Å². The van der Waals surface area contributed by atoms with E-state index in [1.807, 2.05) is 0 Å². The minimum Gasteiger partial charge on any atom is -0.462 e. The highest BCUT2D eigenvalue weighted by Gasteiger charge is 2.34. The minimum atomic E-state index is -1.32. The first kappa shape index (κ1) is 21.9. The van der Waals surface area contributed by atoms with E-state index in [4.69, 9.17) is 4.74 Å². The normalized spacial score (nSPS) is 25.5. The summed E-state index contributed by atoms with van der Waals surface area (Å²) in [6, 6.07) is 0. The van der Waals surface area contributed by atoms with Crippen LogP contribution in [-0.2, 0) is 14.3 Å². The molecule has 0 aromatic rings. The maximum absolute atomic E-state index is 12.1. The molecule has 1 amide bonds. The number of amides is 1. The molecule has 1 rings (SSSR count). The lowest BCUT2D eigenvalue weighted by Gasteiger charge is -2.36. The summed E-state index contributed by atoms with van der Waals surface area (Å²) in [5.74, 6) is 0.519. The van der Waals surface area contributed by atoms with E-state index in [2.05, 4.69) is 26.1 Å². The van der Waals surface area contributed by atoms with Gasteiger partial charge in [0, 0.05) is 12.0 Å². The second-order valence-corrected chi connectivity index (χ2v) is 8.44. The fraction of sp³-hybridized carbons (Fsp3) is 0.895. The van der Waals surface area contributed by atoms with E-state index < -0.39 is 17.4 Å². The van der Waals surface area contributed by atoms with Crippen LogP contribution in [0.4, 0.5) is 0 Å². The van der Waals surface area contributed by atoms with Gasteiger partial charge in [0.1, 0.15) is 12.2 Å². The summed E-state index contributed by atoms with van der Waals surface area (Å²) >= 11 is 0. The van der Waals surface area contributed by atoms with Crippen molar-refractivity contribution in [1.29, 1.82) is 0 Å². The molecule has 146 valence electrons. The maximum atomic E-state index is 12.1. The minimum absolute atomic E-state index is 0.0501. The third-order valence-corrected chi connectivity index (χ3v) is 5.27. The Kier molecular flexibility index (Phi) is 8.35. The zero-order valence-electron chi connectivity index (χ0n) is 16.2. The number of rotatable bonds is 8. The Morgan fingerprint density at radius 1 is 1.28 bits per heavy atom. The molecule has 1 saturated carbocycles. The molecule has 0 radical (unpaired) electrons. The molecule has 25 heavy (non-hydrogen) atoms. The predicted octanol–water partition coefficient (Wildman–Crippen LogP) is 1.88. The summed E-state index contributed by atoms with van der Waals surface area (Å²) in [5.41, 5.74) is -0.923. The van der Waals surface area contributed by atoms with Gasteiger partial charge in [0.05, 0.1) is 13.0 Å². The SMILES string of the molecule is CC(C)[C@@H]1CC[C@@H](C)C[C@H]1OC(=O)CCNC(=O)[C@@H](O)C(C)(C)CO. The van der Waals surface area contributed by atoms with Gasteiger partial charge in [-0.25, -0.2) is 0 Å². The average molecular weight is 357 g/mol. The largest absolute Gasteiger partial charge is 0.462 e. The molecule has 6 heteroatoms. The van der Waals surface area contributed by atoms with Crippen molar-refractivity contribution in [2.45, 2.75) is 72.5 Å². The lowest BCUT2D eigenvalue weighted by atomic mass is 9.75. The molecule has 0 aromatic carbocycles. The smallest absolute Gasteiger partial charge is 0.307 e. The van der Waals surface area contributed by atoms with E-state index in [1.54, 1.807) is 13.8 Å². The third-order valence-electron chi connectivity index (χ3n) is 5.27. The Hall–Kier alpha value is -1.14. The van der Waals surface area contributed by atoms with Crippen LogP contribution in [0, 0.1) is 23.2 Å². The van der Waals surface area contributed by atoms with Crippen molar-refractivity contribution in [3.63, 3.8) is 0 Å². The van der Waals surface area contributed by atoms with Gasteiger partial charge >= 0.3 is 5.97 Å². The Morgan fingerprint density at radius 3 is 2.48 bits per heavy atom. The molecule has 1 aliphatic rings. The second-order valence-electron chi connectivity index (χ2n) is 8.44. The van der Waals surface area contributed by atoms with Crippen LogP contribution in [0.2, 0.25) is 0 Å². The summed E-state index contributed by atoms with van der Waals surface area (Å²) in [5, 5.41) is 21.6. The number of esters is 1. The first-order valence-electron chi connectivity index (χ1n) is 9.34. The summed E-state index contributed by atoms with van der Waals surface area (Å²) in [6.07, 6.45) is 1.85. The number of aliphatic hydroxyl groups excluding tert-OH is 2. The molecule has 0 saturated heterocycles. The van der Waals surface area contributed by atoms with E-state index in [9.17, 15) is 19.8 Å². The molecule has 0 bridgehead atoms. The lowest BCUT2D eigenvalue weighted by Crippen LogP contribution is -2.46.